The lowest BCUT2D eigenvalue weighted by Gasteiger charge is -2.06. The van der Waals surface area contributed by atoms with Crippen molar-refractivity contribution in [1.29, 1.82) is 0 Å². The number of amides is 1. The number of aromatic nitrogens is 2. The van der Waals surface area contributed by atoms with Crippen LogP contribution in [-0.2, 0) is 0 Å². The topological polar surface area (TPSA) is 80.9 Å². The zero-order valence-electron chi connectivity index (χ0n) is 11.7. The van der Waals surface area contributed by atoms with Gasteiger partial charge in [-0.1, -0.05) is 30.3 Å². The van der Waals surface area contributed by atoms with Crippen LogP contribution in [0.3, 0.4) is 0 Å². The van der Waals surface area contributed by atoms with Gasteiger partial charge < -0.3 is 11.1 Å². The summed E-state index contributed by atoms with van der Waals surface area (Å²) in [6, 6.07) is 16.5. The first-order valence-electron chi connectivity index (χ1n) is 6.77. The number of anilines is 2. The molecule has 5 nitrogen and oxygen atoms in total. The second kappa shape index (κ2) is 6.05. The first-order chi connectivity index (χ1) is 10.7. The van der Waals surface area contributed by atoms with Gasteiger partial charge in [0.2, 0.25) is 0 Å². The molecule has 1 heterocycles. The van der Waals surface area contributed by atoms with Crippen LogP contribution >= 0.6 is 0 Å². The van der Waals surface area contributed by atoms with E-state index in [2.05, 4.69) is 15.3 Å². The minimum Gasteiger partial charge on any atom is -0.399 e. The van der Waals surface area contributed by atoms with Gasteiger partial charge in [-0.05, 0) is 24.3 Å². The molecular formula is C17H14N4O. The van der Waals surface area contributed by atoms with Gasteiger partial charge in [0.1, 0.15) is 5.69 Å². The Kier molecular flexibility index (Phi) is 3.78. The van der Waals surface area contributed by atoms with Crippen LogP contribution in [0.1, 0.15) is 10.5 Å². The smallest absolute Gasteiger partial charge is 0.275 e. The number of carbonyl (C=O) groups excluding carboxylic acids is 1. The van der Waals surface area contributed by atoms with Crippen LogP contribution in [0.5, 0.6) is 0 Å². The summed E-state index contributed by atoms with van der Waals surface area (Å²) in [6.07, 6.45) is 3.04. The predicted octanol–water partition coefficient (Wildman–Crippen LogP) is 2.98. The first kappa shape index (κ1) is 13.8. The fourth-order valence-electron chi connectivity index (χ4n) is 2.03. The van der Waals surface area contributed by atoms with Gasteiger partial charge in [0, 0.05) is 16.9 Å². The van der Waals surface area contributed by atoms with E-state index in [0.717, 1.165) is 5.56 Å². The average Bonchev–Trinajstić information content (AvgIpc) is 2.56. The van der Waals surface area contributed by atoms with Gasteiger partial charge in [-0.2, -0.15) is 0 Å². The zero-order valence-corrected chi connectivity index (χ0v) is 11.7. The van der Waals surface area contributed by atoms with Crippen LogP contribution in [0.4, 0.5) is 11.4 Å². The molecule has 22 heavy (non-hydrogen) atoms. The third-order valence-corrected chi connectivity index (χ3v) is 3.08. The van der Waals surface area contributed by atoms with Gasteiger partial charge in [-0.25, -0.2) is 4.98 Å². The zero-order chi connectivity index (χ0) is 15.4. The molecule has 2 aromatic carbocycles. The van der Waals surface area contributed by atoms with Crippen molar-refractivity contribution >= 4 is 17.3 Å². The Morgan fingerprint density at radius 1 is 1.00 bits per heavy atom. The Bertz CT molecular complexity index is 803. The third kappa shape index (κ3) is 3.09. The molecule has 108 valence electrons. The van der Waals surface area contributed by atoms with Crippen LogP contribution in [0.2, 0.25) is 0 Å². The summed E-state index contributed by atoms with van der Waals surface area (Å²) in [6.45, 7) is 0. The molecule has 0 aliphatic heterocycles. The van der Waals surface area contributed by atoms with E-state index in [9.17, 15) is 4.79 Å². The summed E-state index contributed by atoms with van der Waals surface area (Å²) in [5.74, 6) is -0.301. The molecule has 0 atom stereocenters. The van der Waals surface area contributed by atoms with Crippen molar-refractivity contribution in [3.05, 3.63) is 72.7 Å². The van der Waals surface area contributed by atoms with Crippen LogP contribution in [0.25, 0.3) is 11.3 Å². The second-order valence-corrected chi connectivity index (χ2v) is 4.74. The Labute approximate surface area is 127 Å². The highest BCUT2D eigenvalue weighted by atomic mass is 16.1. The number of para-hydroxylation sites is 1. The fraction of sp³-hybridized carbons (Fsp3) is 0. The SMILES string of the molecule is Nc1cccc(-c2cncc(C(=O)Nc3ccccc3)n2)c1. The molecule has 5 heteroatoms. The van der Waals surface area contributed by atoms with Crippen molar-refractivity contribution < 1.29 is 4.79 Å². The van der Waals surface area contributed by atoms with Gasteiger partial charge in [-0.3, -0.25) is 9.78 Å². The van der Waals surface area contributed by atoms with Crippen molar-refractivity contribution in [1.82, 2.24) is 9.97 Å². The lowest BCUT2D eigenvalue weighted by Crippen LogP contribution is -2.14. The van der Waals surface area contributed by atoms with Gasteiger partial charge in [0.25, 0.3) is 5.91 Å². The standard InChI is InChI=1S/C17H14N4O/c18-13-6-4-5-12(9-13)15-10-19-11-16(21-15)17(22)20-14-7-2-1-3-8-14/h1-11H,18H2,(H,20,22). The molecule has 0 aliphatic carbocycles. The minimum atomic E-state index is -0.301. The van der Waals surface area contributed by atoms with E-state index in [1.54, 1.807) is 18.3 Å². The Morgan fingerprint density at radius 3 is 2.59 bits per heavy atom. The summed E-state index contributed by atoms with van der Waals surface area (Å²) in [7, 11) is 0. The number of benzene rings is 2. The van der Waals surface area contributed by atoms with Crippen LogP contribution in [0, 0.1) is 0 Å². The number of nitrogen functional groups attached to an aromatic ring is 1. The molecule has 0 saturated heterocycles. The number of nitrogens with two attached hydrogens (primary N) is 1. The Hall–Kier alpha value is -3.21. The predicted molar refractivity (Wildman–Crippen MR) is 86.3 cm³/mol. The minimum absolute atomic E-state index is 0.253. The maximum absolute atomic E-state index is 12.2. The molecule has 3 N–H and O–H groups in total. The van der Waals surface area contributed by atoms with Crippen LogP contribution < -0.4 is 11.1 Å². The molecule has 0 radical (unpaired) electrons. The number of nitrogens with one attached hydrogen (secondary N) is 1. The van der Waals surface area contributed by atoms with Crippen molar-refractivity contribution in [2.45, 2.75) is 0 Å². The molecule has 0 unspecified atom stereocenters. The van der Waals surface area contributed by atoms with Gasteiger partial charge in [-0.15, -0.1) is 0 Å². The lowest BCUT2D eigenvalue weighted by atomic mass is 10.1. The third-order valence-electron chi connectivity index (χ3n) is 3.08. The largest absolute Gasteiger partial charge is 0.399 e. The highest BCUT2D eigenvalue weighted by Gasteiger charge is 2.10. The van der Waals surface area contributed by atoms with E-state index in [1.807, 2.05) is 42.5 Å². The van der Waals surface area contributed by atoms with Crippen LogP contribution in [0.15, 0.2) is 67.0 Å². The number of carbonyl (C=O) groups is 1. The summed E-state index contributed by atoms with van der Waals surface area (Å²) >= 11 is 0. The molecule has 0 fully saturated rings. The summed E-state index contributed by atoms with van der Waals surface area (Å²) in [4.78, 5) is 20.7. The van der Waals surface area contributed by atoms with Gasteiger partial charge >= 0.3 is 0 Å². The lowest BCUT2D eigenvalue weighted by molar-refractivity contribution is 0.102. The van der Waals surface area contributed by atoms with E-state index >= 15 is 0 Å². The Morgan fingerprint density at radius 2 is 1.82 bits per heavy atom. The molecule has 1 amide bonds. The summed E-state index contributed by atoms with van der Waals surface area (Å²) in [5.41, 5.74) is 8.80. The number of hydrogen-bond donors (Lipinski definition) is 2. The van der Waals surface area contributed by atoms with Crippen molar-refractivity contribution in [3.63, 3.8) is 0 Å². The molecule has 0 aliphatic rings. The molecule has 0 saturated carbocycles. The molecule has 0 spiro atoms. The van der Waals surface area contributed by atoms with Gasteiger partial charge in [0.05, 0.1) is 18.1 Å². The molecule has 1 aromatic heterocycles. The van der Waals surface area contributed by atoms with E-state index in [-0.39, 0.29) is 11.6 Å². The summed E-state index contributed by atoms with van der Waals surface area (Å²) < 4.78 is 0. The Balaban J connectivity index is 1.86. The van der Waals surface area contributed by atoms with E-state index in [4.69, 9.17) is 5.73 Å². The number of hydrogen-bond acceptors (Lipinski definition) is 4. The van der Waals surface area contributed by atoms with E-state index < -0.39 is 0 Å². The van der Waals surface area contributed by atoms with Crippen molar-refractivity contribution in [2.75, 3.05) is 11.1 Å². The molecule has 3 aromatic rings. The number of rotatable bonds is 3. The van der Waals surface area contributed by atoms with Crippen molar-refractivity contribution in [3.8, 4) is 11.3 Å². The molecule has 0 bridgehead atoms. The average molecular weight is 290 g/mol. The second-order valence-electron chi connectivity index (χ2n) is 4.74. The summed E-state index contributed by atoms with van der Waals surface area (Å²) in [5, 5.41) is 2.78. The highest BCUT2D eigenvalue weighted by molar-refractivity contribution is 6.02. The first-order valence-corrected chi connectivity index (χ1v) is 6.77. The number of nitrogens with zero attached hydrogens (tertiary/aromatic N) is 2. The highest BCUT2D eigenvalue weighted by Crippen LogP contribution is 2.19. The normalized spacial score (nSPS) is 10.2. The molecular weight excluding hydrogens is 276 g/mol. The van der Waals surface area contributed by atoms with Gasteiger partial charge in [0.15, 0.2) is 0 Å². The monoisotopic (exact) mass is 290 g/mol. The van der Waals surface area contributed by atoms with E-state index in [1.165, 1.54) is 6.20 Å². The maximum Gasteiger partial charge on any atom is 0.275 e. The van der Waals surface area contributed by atoms with Crippen LogP contribution in [-0.4, -0.2) is 15.9 Å². The molecule has 3 rings (SSSR count). The van der Waals surface area contributed by atoms with Crippen molar-refractivity contribution in [2.24, 2.45) is 0 Å². The quantitative estimate of drug-likeness (QED) is 0.727. The fourth-order valence-corrected chi connectivity index (χ4v) is 2.03. The maximum atomic E-state index is 12.2. The van der Waals surface area contributed by atoms with E-state index in [0.29, 0.717) is 17.1 Å².